The van der Waals surface area contributed by atoms with Crippen LogP contribution in [-0.4, -0.2) is 26.0 Å². The molecule has 0 aromatic heterocycles. The fraction of sp³-hybridized carbons (Fsp3) is 0.417. The zero-order chi connectivity index (χ0) is 12.8. The van der Waals surface area contributed by atoms with Crippen molar-refractivity contribution in [1.82, 2.24) is 5.32 Å². The fourth-order valence-corrected chi connectivity index (χ4v) is 2.15. The van der Waals surface area contributed by atoms with Crippen LogP contribution in [0, 0.1) is 0 Å². The van der Waals surface area contributed by atoms with Crippen molar-refractivity contribution >= 4 is 33.2 Å². The summed E-state index contributed by atoms with van der Waals surface area (Å²) in [5.41, 5.74) is 7.32. The number of hydrogen-bond donors (Lipinski definition) is 2. The van der Waals surface area contributed by atoms with Crippen molar-refractivity contribution in [2.45, 2.75) is 13.3 Å². The number of anilines is 2. The van der Waals surface area contributed by atoms with Gasteiger partial charge in [-0.05, 0) is 40.5 Å². The predicted molar refractivity (Wildman–Crippen MR) is 75.1 cm³/mol. The number of likely N-dealkylation sites (N-methyl/N-ethyl adjacent to an activating group) is 1. The van der Waals surface area contributed by atoms with Gasteiger partial charge in [0.15, 0.2) is 0 Å². The van der Waals surface area contributed by atoms with E-state index in [9.17, 15) is 4.79 Å². The minimum atomic E-state index is 0.0260. The molecule has 0 atom stereocenters. The molecular weight excluding hydrogens is 282 g/mol. The van der Waals surface area contributed by atoms with E-state index in [-0.39, 0.29) is 5.91 Å². The molecule has 0 heterocycles. The first-order valence-corrected chi connectivity index (χ1v) is 6.36. The van der Waals surface area contributed by atoms with Gasteiger partial charge >= 0.3 is 0 Å². The van der Waals surface area contributed by atoms with E-state index >= 15 is 0 Å². The molecule has 1 aromatic carbocycles. The first kappa shape index (κ1) is 13.8. The number of amides is 1. The summed E-state index contributed by atoms with van der Waals surface area (Å²) in [6, 6.07) is 5.54. The molecule has 0 unspecified atom stereocenters. The second kappa shape index (κ2) is 6.49. The van der Waals surface area contributed by atoms with Gasteiger partial charge in [0.1, 0.15) is 0 Å². The Balaban J connectivity index is 2.63. The molecule has 0 saturated carbocycles. The Morgan fingerprint density at radius 1 is 1.53 bits per heavy atom. The molecule has 1 amide bonds. The standard InChI is InChI=1S/C12H18BrN3O/c1-3-6-15-12(17)8-16(2)11-5-4-9(14)7-10(11)13/h4-5,7H,3,6,8,14H2,1-2H3,(H,15,17). The van der Waals surface area contributed by atoms with Crippen molar-refractivity contribution in [3.05, 3.63) is 22.7 Å². The molecule has 94 valence electrons. The molecule has 0 fully saturated rings. The summed E-state index contributed by atoms with van der Waals surface area (Å²) < 4.78 is 0.892. The maximum atomic E-state index is 11.6. The molecule has 0 radical (unpaired) electrons. The first-order valence-electron chi connectivity index (χ1n) is 5.57. The van der Waals surface area contributed by atoms with Gasteiger partial charge < -0.3 is 16.0 Å². The summed E-state index contributed by atoms with van der Waals surface area (Å²) in [7, 11) is 1.88. The molecule has 17 heavy (non-hydrogen) atoms. The lowest BCUT2D eigenvalue weighted by Gasteiger charge is -2.20. The molecule has 0 bridgehead atoms. The maximum absolute atomic E-state index is 11.6. The van der Waals surface area contributed by atoms with Crippen LogP contribution in [0.2, 0.25) is 0 Å². The van der Waals surface area contributed by atoms with Crippen molar-refractivity contribution in [3.63, 3.8) is 0 Å². The second-order valence-electron chi connectivity index (χ2n) is 3.92. The second-order valence-corrected chi connectivity index (χ2v) is 4.77. The van der Waals surface area contributed by atoms with Crippen LogP contribution in [0.4, 0.5) is 11.4 Å². The molecule has 5 heteroatoms. The highest BCUT2D eigenvalue weighted by molar-refractivity contribution is 9.10. The Morgan fingerprint density at radius 2 is 2.24 bits per heavy atom. The summed E-state index contributed by atoms with van der Waals surface area (Å²) in [6.45, 7) is 3.08. The largest absolute Gasteiger partial charge is 0.399 e. The monoisotopic (exact) mass is 299 g/mol. The molecule has 3 N–H and O–H groups in total. The molecule has 1 rings (SSSR count). The number of hydrogen-bond acceptors (Lipinski definition) is 3. The van der Waals surface area contributed by atoms with Crippen molar-refractivity contribution in [3.8, 4) is 0 Å². The van der Waals surface area contributed by atoms with Gasteiger partial charge in [-0.25, -0.2) is 0 Å². The third-order valence-electron chi connectivity index (χ3n) is 2.34. The predicted octanol–water partition coefficient (Wildman–Crippen LogP) is 1.99. The van der Waals surface area contributed by atoms with Crippen LogP contribution in [0.1, 0.15) is 13.3 Å². The Labute approximate surface area is 110 Å². The summed E-state index contributed by atoms with van der Waals surface area (Å²) in [5, 5.41) is 2.84. The Bertz CT molecular complexity index is 395. The van der Waals surface area contributed by atoms with Crippen molar-refractivity contribution in [1.29, 1.82) is 0 Å². The van der Waals surface area contributed by atoms with Gasteiger partial charge in [-0.3, -0.25) is 4.79 Å². The molecule has 4 nitrogen and oxygen atoms in total. The van der Waals surface area contributed by atoms with E-state index in [0.717, 1.165) is 23.1 Å². The molecule has 0 saturated heterocycles. The summed E-state index contributed by atoms with van der Waals surface area (Å²) in [4.78, 5) is 13.5. The van der Waals surface area contributed by atoms with Gasteiger partial charge in [-0.15, -0.1) is 0 Å². The van der Waals surface area contributed by atoms with Crippen LogP contribution in [0.25, 0.3) is 0 Å². The van der Waals surface area contributed by atoms with Gasteiger partial charge in [0.2, 0.25) is 5.91 Å². The zero-order valence-electron chi connectivity index (χ0n) is 10.2. The van der Waals surface area contributed by atoms with Gasteiger partial charge in [0.05, 0.1) is 12.2 Å². The SMILES string of the molecule is CCCNC(=O)CN(C)c1ccc(N)cc1Br. The normalized spacial score (nSPS) is 10.1. The first-order chi connectivity index (χ1) is 8.04. The molecule has 0 spiro atoms. The Hall–Kier alpha value is -1.23. The topological polar surface area (TPSA) is 58.4 Å². The minimum absolute atomic E-state index is 0.0260. The number of halogens is 1. The summed E-state index contributed by atoms with van der Waals surface area (Å²) in [5.74, 6) is 0.0260. The fourth-order valence-electron chi connectivity index (χ4n) is 1.45. The highest BCUT2D eigenvalue weighted by Crippen LogP contribution is 2.27. The lowest BCUT2D eigenvalue weighted by Crippen LogP contribution is -2.35. The van der Waals surface area contributed by atoms with Crippen molar-refractivity contribution < 1.29 is 4.79 Å². The van der Waals surface area contributed by atoms with Gasteiger partial charge in [0.25, 0.3) is 0 Å². The van der Waals surface area contributed by atoms with Crippen LogP contribution in [-0.2, 0) is 4.79 Å². The Morgan fingerprint density at radius 3 is 2.82 bits per heavy atom. The molecule has 0 aliphatic carbocycles. The molecule has 0 aliphatic heterocycles. The number of rotatable bonds is 5. The smallest absolute Gasteiger partial charge is 0.239 e. The van der Waals surface area contributed by atoms with Gasteiger partial charge in [-0.2, -0.15) is 0 Å². The van der Waals surface area contributed by atoms with Crippen LogP contribution < -0.4 is 16.0 Å². The zero-order valence-corrected chi connectivity index (χ0v) is 11.8. The Kier molecular flexibility index (Phi) is 5.28. The average molecular weight is 300 g/mol. The third kappa shape index (κ3) is 4.26. The quantitative estimate of drug-likeness (QED) is 0.818. The summed E-state index contributed by atoms with van der Waals surface area (Å²) in [6.07, 6.45) is 0.945. The number of carbonyl (C=O) groups excluding carboxylic acids is 1. The van der Waals surface area contributed by atoms with E-state index in [1.54, 1.807) is 0 Å². The van der Waals surface area contributed by atoms with Crippen LogP contribution in [0.5, 0.6) is 0 Å². The van der Waals surface area contributed by atoms with E-state index in [4.69, 9.17) is 5.73 Å². The average Bonchev–Trinajstić information content (AvgIpc) is 2.26. The number of nitrogens with zero attached hydrogens (tertiary/aromatic N) is 1. The van der Waals surface area contributed by atoms with E-state index in [1.165, 1.54) is 0 Å². The highest BCUT2D eigenvalue weighted by atomic mass is 79.9. The van der Waals surface area contributed by atoms with Crippen LogP contribution >= 0.6 is 15.9 Å². The number of carbonyl (C=O) groups is 1. The molecule has 1 aromatic rings. The minimum Gasteiger partial charge on any atom is -0.399 e. The van der Waals surface area contributed by atoms with Crippen molar-refractivity contribution in [2.75, 3.05) is 30.8 Å². The number of nitrogen functional groups attached to an aromatic ring is 1. The van der Waals surface area contributed by atoms with Crippen LogP contribution in [0.15, 0.2) is 22.7 Å². The van der Waals surface area contributed by atoms with E-state index in [0.29, 0.717) is 12.2 Å². The number of nitrogens with two attached hydrogens (primary N) is 1. The van der Waals surface area contributed by atoms with Crippen molar-refractivity contribution in [2.24, 2.45) is 0 Å². The maximum Gasteiger partial charge on any atom is 0.239 e. The lowest BCUT2D eigenvalue weighted by molar-refractivity contribution is -0.119. The molecular formula is C12H18BrN3O. The van der Waals surface area contributed by atoms with Gasteiger partial charge in [0, 0.05) is 23.8 Å². The number of nitrogens with one attached hydrogen (secondary N) is 1. The highest BCUT2D eigenvalue weighted by Gasteiger charge is 2.09. The molecule has 0 aliphatic rings. The number of benzene rings is 1. The lowest BCUT2D eigenvalue weighted by atomic mass is 10.2. The summed E-state index contributed by atoms with van der Waals surface area (Å²) >= 11 is 3.44. The third-order valence-corrected chi connectivity index (χ3v) is 2.97. The van der Waals surface area contributed by atoms with Gasteiger partial charge in [-0.1, -0.05) is 6.92 Å². The van der Waals surface area contributed by atoms with E-state index in [2.05, 4.69) is 21.2 Å². The van der Waals surface area contributed by atoms with E-state index < -0.39 is 0 Å². The van der Waals surface area contributed by atoms with Crippen LogP contribution in [0.3, 0.4) is 0 Å². The van der Waals surface area contributed by atoms with E-state index in [1.807, 2.05) is 37.1 Å².